The van der Waals surface area contributed by atoms with E-state index < -0.39 is 0 Å². The summed E-state index contributed by atoms with van der Waals surface area (Å²) in [6, 6.07) is 8.27. The van der Waals surface area contributed by atoms with E-state index in [1.54, 1.807) is 6.20 Å². The molecule has 24 heavy (non-hydrogen) atoms. The molecule has 1 atom stereocenters. The number of aromatic nitrogens is 4. The monoisotopic (exact) mass is 411 g/mol. The van der Waals surface area contributed by atoms with Crippen LogP contribution in [0.3, 0.4) is 0 Å². The molecule has 0 bridgehead atoms. The SMILES string of the molecule is CNC(C)Cc1noc(-c2cnn(-c3ccc(Br)cc3)c2C)n1.Cl. The second-order valence-corrected chi connectivity index (χ2v) is 6.36. The molecule has 2 aromatic heterocycles. The summed E-state index contributed by atoms with van der Waals surface area (Å²) in [6.07, 6.45) is 2.48. The van der Waals surface area contributed by atoms with Crippen molar-refractivity contribution in [3.8, 4) is 17.1 Å². The largest absolute Gasteiger partial charge is 0.334 e. The molecule has 0 aliphatic heterocycles. The third kappa shape index (κ3) is 3.85. The Morgan fingerprint density at radius 3 is 2.67 bits per heavy atom. The summed E-state index contributed by atoms with van der Waals surface area (Å²) in [5.74, 6) is 1.20. The molecule has 0 fully saturated rings. The molecule has 1 unspecified atom stereocenters. The minimum atomic E-state index is 0. The predicted octanol–water partition coefficient (Wildman–Crippen LogP) is 3.57. The standard InChI is InChI=1S/C16H18BrN5O.ClH/c1-10(18-3)8-15-20-16(23-21-15)14-9-19-22(11(14)2)13-6-4-12(17)5-7-13;/h4-7,9-10,18H,8H2,1-3H3;1H. The van der Waals surface area contributed by atoms with Gasteiger partial charge >= 0.3 is 0 Å². The van der Waals surface area contributed by atoms with Crippen LogP contribution in [-0.2, 0) is 6.42 Å². The number of likely N-dealkylation sites (N-methyl/N-ethyl adjacent to an activating group) is 1. The quantitative estimate of drug-likeness (QED) is 0.694. The molecule has 0 aliphatic carbocycles. The predicted molar refractivity (Wildman–Crippen MR) is 98.8 cm³/mol. The van der Waals surface area contributed by atoms with Crippen LogP contribution in [0.5, 0.6) is 0 Å². The van der Waals surface area contributed by atoms with E-state index in [0.29, 0.717) is 17.8 Å². The molecule has 1 N–H and O–H groups in total. The highest BCUT2D eigenvalue weighted by atomic mass is 79.9. The van der Waals surface area contributed by atoms with Crippen molar-refractivity contribution in [1.82, 2.24) is 25.2 Å². The molecule has 128 valence electrons. The Morgan fingerprint density at radius 2 is 2.00 bits per heavy atom. The van der Waals surface area contributed by atoms with Crippen LogP contribution >= 0.6 is 28.3 Å². The minimum absolute atomic E-state index is 0. The molecule has 3 rings (SSSR count). The smallest absolute Gasteiger partial charge is 0.261 e. The van der Waals surface area contributed by atoms with Gasteiger partial charge in [-0.3, -0.25) is 0 Å². The molecule has 0 aliphatic rings. The highest BCUT2D eigenvalue weighted by Gasteiger charge is 2.17. The Balaban J connectivity index is 0.00000208. The number of nitrogens with zero attached hydrogens (tertiary/aromatic N) is 4. The van der Waals surface area contributed by atoms with Gasteiger partial charge in [-0.25, -0.2) is 4.68 Å². The van der Waals surface area contributed by atoms with Crippen molar-refractivity contribution < 1.29 is 4.52 Å². The van der Waals surface area contributed by atoms with Crippen molar-refractivity contribution >= 4 is 28.3 Å². The van der Waals surface area contributed by atoms with E-state index >= 15 is 0 Å². The molecule has 6 nitrogen and oxygen atoms in total. The molecule has 3 aromatic rings. The Kier molecular flexibility index (Phi) is 6.15. The first-order chi connectivity index (χ1) is 11.1. The summed E-state index contributed by atoms with van der Waals surface area (Å²) in [4.78, 5) is 4.47. The van der Waals surface area contributed by atoms with Gasteiger partial charge in [-0.05, 0) is 45.2 Å². The first-order valence-electron chi connectivity index (χ1n) is 7.39. The van der Waals surface area contributed by atoms with Gasteiger partial charge in [-0.15, -0.1) is 12.4 Å². The number of nitrogens with one attached hydrogen (secondary N) is 1. The van der Waals surface area contributed by atoms with Gasteiger partial charge in [0.05, 0.1) is 23.1 Å². The van der Waals surface area contributed by atoms with E-state index in [2.05, 4.69) is 43.4 Å². The van der Waals surface area contributed by atoms with Gasteiger partial charge in [-0.1, -0.05) is 21.1 Å². The normalized spacial score (nSPS) is 12.0. The van der Waals surface area contributed by atoms with Crippen LogP contribution in [0, 0.1) is 6.92 Å². The van der Waals surface area contributed by atoms with Crippen molar-refractivity contribution in [2.75, 3.05) is 7.05 Å². The zero-order chi connectivity index (χ0) is 16.4. The average molecular weight is 413 g/mol. The number of benzene rings is 1. The van der Waals surface area contributed by atoms with Crippen LogP contribution in [0.2, 0.25) is 0 Å². The molecule has 0 saturated heterocycles. The van der Waals surface area contributed by atoms with Gasteiger partial charge in [0.25, 0.3) is 5.89 Å². The summed E-state index contributed by atoms with van der Waals surface area (Å²) in [5.41, 5.74) is 2.80. The molecular weight excluding hydrogens is 394 g/mol. The fraction of sp³-hybridized carbons (Fsp3) is 0.312. The van der Waals surface area contributed by atoms with E-state index in [1.807, 2.05) is 42.9 Å². The lowest BCUT2D eigenvalue weighted by Crippen LogP contribution is -2.24. The van der Waals surface area contributed by atoms with Crippen LogP contribution in [0.15, 0.2) is 39.5 Å². The van der Waals surface area contributed by atoms with Gasteiger partial charge < -0.3 is 9.84 Å². The Morgan fingerprint density at radius 1 is 1.29 bits per heavy atom. The molecular formula is C16H19BrClN5O. The van der Waals surface area contributed by atoms with Crippen molar-refractivity contribution in [3.63, 3.8) is 0 Å². The van der Waals surface area contributed by atoms with Gasteiger partial charge in [0, 0.05) is 16.9 Å². The maximum Gasteiger partial charge on any atom is 0.261 e. The summed E-state index contributed by atoms with van der Waals surface area (Å²) < 4.78 is 8.29. The van der Waals surface area contributed by atoms with Crippen molar-refractivity contribution in [2.45, 2.75) is 26.3 Å². The number of rotatable bonds is 5. The van der Waals surface area contributed by atoms with Gasteiger partial charge in [0.1, 0.15) is 0 Å². The van der Waals surface area contributed by atoms with Crippen LogP contribution < -0.4 is 5.32 Å². The Hall–Kier alpha value is -1.70. The highest BCUT2D eigenvalue weighted by molar-refractivity contribution is 9.10. The molecule has 8 heteroatoms. The average Bonchev–Trinajstić information content (AvgIpc) is 3.14. The molecule has 0 amide bonds. The zero-order valence-electron chi connectivity index (χ0n) is 13.7. The molecule has 2 heterocycles. The number of halogens is 2. The highest BCUT2D eigenvalue weighted by Crippen LogP contribution is 2.24. The van der Waals surface area contributed by atoms with Gasteiger partial charge in [-0.2, -0.15) is 10.1 Å². The van der Waals surface area contributed by atoms with Crippen molar-refractivity contribution in [2.24, 2.45) is 0 Å². The second kappa shape index (κ2) is 7.92. The third-order valence-corrected chi connectivity index (χ3v) is 4.29. The summed E-state index contributed by atoms with van der Waals surface area (Å²) in [7, 11) is 1.91. The fourth-order valence-corrected chi connectivity index (χ4v) is 2.55. The van der Waals surface area contributed by atoms with Crippen molar-refractivity contribution in [3.05, 3.63) is 46.5 Å². The molecule has 1 aromatic carbocycles. The first-order valence-corrected chi connectivity index (χ1v) is 8.18. The van der Waals surface area contributed by atoms with E-state index in [4.69, 9.17) is 4.52 Å². The minimum Gasteiger partial charge on any atom is -0.334 e. The Labute approximate surface area is 155 Å². The summed E-state index contributed by atoms with van der Waals surface area (Å²) >= 11 is 3.44. The van der Waals surface area contributed by atoms with Crippen LogP contribution in [0.4, 0.5) is 0 Å². The van der Waals surface area contributed by atoms with E-state index in [9.17, 15) is 0 Å². The fourth-order valence-electron chi connectivity index (χ4n) is 2.28. The lowest BCUT2D eigenvalue weighted by molar-refractivity contribution is 0.418. The Bertz CT molecular complexity index is 799. The lowest BCUT2D eigenvalue weighted by atomic mass is 10.2. The second-order valence-electron chi connectivity index (χ2n) is 5.44. The molecule has 0 spiro atoms. The summed E-state index contributed by atoms with van der Waals surface area (Å²) in [5, 5.41) is 11.6. The molecule has 0 saturated carbocycles. The van der Waals surface area contributed by atoms with Crippen molar-refractivity contribution in [1.29, 1.82) is 0 Å². The maximum atomic E-state index is 5.40. The van der Waals surface area contributed by atoms with E-state index in [1.165, 1.54) is 0 Å². The summed E-state index contributed by atoms with van der Waals surface area (Å²) in [6.45, 7) is 4.07. The van der Waals surface area contributed by atoms with Crippen LogP contribution in [0.1, 0.15) is 18.4 Å². The van der Waals surface area contributed by atoms with Crippen LogP contribution in [-0.4, -0.2) is 33.0 Å². The van der Waals surface area contributed by atoms with E-state index in [0.717, 1.165) is 27.8 Å². The van der Waals surface area contributed by atoms with Gasteiger partial charge in [0.15, 0.2) is 5.82 Å². The maximum absolute atomic E-state index is 5.40. The number of hydrogen-bond acceptors (Lipinski definition) is 5. The lowest BCUT2D eigenvalue weighted by Gasteiger charge is -2.05. The van der Waals surface area contributed by atoms with Crippen LogP contribution in [0.25, 0.3) is 17.1 Å². The van der Waals surface area contributed by atoms with Gasteiger partial charge in [0.2, 0.25) is 0 Å². The molecule has 0 radical (unpaired) electrons. The zero-order valence-corrected chi connectivity index (χ0v) is 16.1. The number of hydrogen-bond donors (Lipinski definition) is 1. The first kappa shape index (κ1) is 18.6. The third-order valence-electron chi connectivity index (χ3n) is 3.76. The topological polar surface area (TPSA) is 68.8 Å². The van der Waals surface area contributed by atoms with E-state index in [-0.39, 0.29) is 12.4 Å².